The van der Waals surface area contributed by atoms with Gasteiger partial charge in [-0.25, -0.2) is 8.42 Å². The molecular weight excluding hydrogens is 288 g/mol. The maximum absolute atomic E-state index is 11.4. The zero-order valence-electron chi connectivity index (χ0n) is 10.9. The fraction of sp³-hybridized carbons (Fsp3) is 0.417. The number of benzene rings is 1. The molecule has 7 heteroatoms. The van der Waals surface area contributed by atoms with Crippen LogP contribution in [0, 0.1) is 6.92 Å². The molecule has 1 rings (SSSR count). The number of hydrogen-bond acceptors (Lipinski definition) is 4. The van der Waals surface area contributed by atoms with Gasteiger partial charge in [0.25, 0.3) is 0 Å². The lowest BCUT2D eigenvalue weighted by Gasteiger charge is -2.09. The van der Waals surface area contributed by atoms with Crippen LogP contribution in [-0.4, -0.2) is 33.7 Å². The van der Waals surface area contributed by atoms with E-state index in [4.69, 9.17) is 10.7 Å². The van der Waals surface area contributed by atoms with Crippen molar-refractivity contribution in [2.24, 2.45) is 0 Å². The van der Waals surface area contributed by atoms with Crippen molar-refractivity contribution in [2.75, 3.05) is 24.7 Å². The molecule has 1 aromatic carbocycles. The molecule has 1 amide bonds. The molecule has 0 radical (unpaired) electrons. The summed E-state index contributed by atoms with van der Waals surface area (Å²) in [5, 5.41) is 5.49. The van der Waals surface area contributed by atoms with E-state index in [9.17, 15) is 13.2 Å². The van der Waals surface area contributed by atoms with Gasteiger partial charge in [0, 0.05) is 16.4 Å². The van der Waals surface area contributed by atoms with Crippen molar-refractivity contribution in [1.82, 2.24) is 5.32 Å². The minimum Gasteiger partial charge on any atom is -0.325 e. The Morgan fingerprint density at radius 2 is 2.05 bits per heavy atom. The summed E-state index contributed by atoms with van der Waals surface area (Å²) in [5.41, 5.74) is 2.51. The molecule has 5 nitrogen and oxygen atoms in total. The van der Waals surface area contributed by atoms with Crippen LogP contribution < -0.4 is 10.6 Å². The number of likely N-dealkylation sites (N-methyl/N-ethyl adjacent to an activating group) is 1. The second kappa shape index (κ2) is 6.88. The summed E-state index contributed by atoms with van der Waals surface area (Å²) < 4.78 is 21.8. The van der Waals surface area contributed by atoms with Crippen LogP contribution in [0.3, 0.4) is 0 Å². The predicted molar refractivity (Wildman–Crippen MR) is 77.1 cm³/mol. The highest BCUT2D eigenvalue weighted by Crippen LogP contribution is 2.16. The minimum atomic E-state index is -3.48. The summed E-state index contributed by atoms with van der Waals surface area (Å²) in [7, 11) is 3.39. The number of rotatable bonds is 6. The van der Waals surface area contributed by atoms with Gasteiger partial charge in [-0.3, -0.25) is 4.79 Å². The third kappa shape index (κ3) is 6.04. The lowest BCUT2D eigenvalue weighted by atomic mass is 10.1. The maximum atomic E-state index is 11.4. The Bertz CT molecular complexity index is 558. The van der Waals surface area contributed by atoms with Crippen LogP contribution in [0.1, 0.15) is 11.1 Å². The van der Waals surface area contributed by atoms with E-state index < -0.39 is 9.05 Å². The molecule has 0 saturated carbocycles. The van der Waals surface area contributed by atoms with Crippen LogP contribution in [0.25, 0.3) is 0 Å². The number of nitrogens with one attached hydrogen (secondary N) is 2. The number of carbonyl (C=O) groups is 1. The minimum absolute atomic E-state index is 0.0964. The molecule has 0 aliphatic carbocycles. The fourth-order valence-electron chi connectivity index (χ4n) is 1.65. The highest BCUT2D eigenvalue weighted by Gasteiger charge is 2.08. The van der Waals surface area contributed by atoms with Crippen LogP contribution in [0.15, 0.2) is 18.2 Å². The van der Waals surface area contributed by atoms with Gasteiger partial charge in [-0.05, 0) is 43.7 Å². The third-order valence-corrected chi connectivity index (χ3v) is 3.73. The SMILES string of the molecule is CNCC(=O)Nc1ccc(CCS(=O)(=O)Cl)c(C)c1. The second-order valence-electron chi connectivity index (χ2n) is 4.21. The van der Waals surface area contributed by atoms with Gasteiger partial charge in [0.05, 0.1) is 12.3 Å². The number of hydrogen-bond donors (Lipinski definition) is 2. The highest BCUT2D eigenvalue weighted by molar-refractivity contribution is 8.13. The predicted octanol–water partition coefficient (Wildman–Crippen LogP) is 1.26. The number of aryl methyl sites for hydroxylation is 2. The fourth-order valence-corrected chi connectivity index (χ4v) is 2.35. The lowest BCUT2D eigenvalue weighted by molar-refractivity contribution is -0.115. The third-order valence-electron chi connectivity index (χ3n) is 2.58. The summed E-state index contributed by atoms with van der Waals surface area (Å²) in [6.07, 6.45) is 0.364. The van der Waals surface area contributed by atoms with E-state index in [-0.39, 0.29) is 18.2 Å². The molecule has 0 fully saturated rings. The van der Waals surface area contributed by atoms with Crippen LogP contribution in [-0.2, 0) is 20.3 Å². The average Bonchev–Trinajstić information content (AvgIpc) is 2.26. The second-order valence-corrected chi connectivity index (χ2v) is 7.11. The van der Waals surface area contributed by atoms with E-state index in [0.29, 0.717) is 12.1 Å². The van der Waals surface area contributed by atoms with E-state index in [0.717, 1.165) is 11.1 Å². The van der Waals surface area contributed by atoms with Crippen molar-refractivity contribution >= 4 is 31.3 Å². The summed E-state index contributed by atoms with van der Waals surface area (Å²) in [6, 6.07) is 5.35. The summed E-state index contributed by atoms with van der Waals surface area (Å²) in [4.78, 5) is 11.4. The van der Waals surface area contributed by atoms with Gasteiger partial charge in [-0.1, -0.05) is 6.07 Å². The molecule has 0 bridgehead atoms. The van der Waals surface area contributed by atoms with E-state index in [1.807, 2.05) is 13.0 Å². The number of carbonyl (C=O) groups excluding carboxylic acids is 1. The van der Waals surface area contributed by atoms with Crippen LogP contribution in [0.4, 0.5) is 5.69 Å². The van der Waals surface area contributed by atoms with Crippen molar-refractivity contribution < 1.29 is 13.2 Å². The Morgan fingerprint density at radius 3 is 2.58 bits per heavy atom. The van der Waals surface area contributed by atoms with Crippen molar-refractivity contribution in [3.63, 3.8) is 0 Å². The quantitative estimate of drug-likeness (QED) is 0.776. The van der Waals surface area contributed by atoms with Gasteiger partial charge in [-0.2, -0.15) is 0 Å². The zero-order valence-corrected chi connectivity index (χ0v) is 12.4. The Morgan fingerprint density at radius 1 is 1.37 bits per heavy atom. The Balaban J connectivity index is 2.72. The van der Waals surface area contributed by atoms with Gasteiger partial charge in [-0.15, -0.1) is 0 Å². The monoisotopic (exact) mass is 304 g/mol. The lowest BCUT2D eigenvalue weighted by Crippen LogP contribution is -2.25. The topological polar surface area (TPSA) is 75.3 Å². The molecule has 106 valence electrons. The first-order valence-electron chi connectivity index (χ1n) is 5.78. The molecule has 0 aliphatic heterocycles. The molecule has 0 unspecified atom stereocenters. The van der Waals surface area contributed by atoms with Crippen molar-refractivity contribution in [3.05, 3.63) is 29.3 Å². The first-order chi connectivity index (χ1) is 8.81. The summed E-state index contributed by atoms with van der Waals surface area (Å²) in [6.45, 7) is 2.11. The molecule has 0 heterocycles. The van der Waals surface area contributed by atoms with E-state index in [1.165, 1.54) is 0 Å². The Hall–Kier alpha value is -1.11. The van der Waals surface area contributed by atoms with Crippen LogP contribution in [0.5, 0.6) is 0 Å². The molecule has 0 atom stereocenters. The van der Waals surface area contributed by atoms with E-state index in [2.05, 4.69) is 10.6 Å². The van der Waals surface area contributed by atoms with Gasteiger partial charge >= 0.3 is 0 Å². The van der Waals surface area contributed by atoms with Gasteiger partial charge in [0.1, 0.15) is 0 Å². The van der Waals surface area contributed by atoms with Crippen LogP contribution in [0.2, 0.25) is 0 Å². The van der Waals surface area contributed by atoms with Gasteiger partial charge in [0.15, 0.2) is 0 Å². The Kier molecular flexibility index (Phi) is 5.78. The van der Waals surface area contributed by atoms with Crippen LogP contribution >= 0.6 is 10.7 Å². The highest BCUT2D eigenvalue weighted by atomic mass is 35.7. The number of amides is 1. The van der Waals surface area contributed by atoms with Crippen molar-refractivity contribution in [1.29, 1.82) is 0 Å². The number of anilines is 1. The van der Waals surface area contributed by atoms with E-state index >= 15 is 0 Å². The van der Waals surface area contributed by atoms with Crippen molar-refractivity contribution in [3.8, 4) is 0 Å². The summed E-state index contributed by atoms with van der Waals surface area (Å²) >= 11 is 0. The largest absolute Gasteiger partial charge is 0.325 e. The van der Waals surface area contributed by atoms with Crippen molar-refractivity contribution in [2.45, 2.75) is 13.3 Å². The molecule has 2 N–H and O–H groups in total. The maximum Gasteiger partial charge on any atom is 0.238 e. The first-order valence-corrected chi connectivity index (χ1v) is 8.26. The van der Waals surface area contributed by atoms with Gasteiger partial charge < -0.3 is 10.6 Å². The molecule has 0 saturated heterocycles. The standard InChI is InChI=1S/C12H17ClN2O3S/c1-9-7-11(15-12(16)8-14-2)4-3-10(9)5-6-19(13,17)18/h3-4,7,14H,5-6,8H2,1-2H3,(H,15,16). The molecule has 1 aromatic rings. The molecule has 0 aliphatic rings. The molecule has 0 spiro atoms. The molecule has 0 aromatic heterocycles. The molecule has 19 heavy (non-hydrogen) atoms. The van der Waals surface area contributed by atoms with E-state index in [1.54, 1.807) is 19.2 Å². The Labute approximate surface area is 117 Å². The average molecular weight is 305 g/mol. The molecular formula is C12H17ClN2O3S. The first kappa shape index (κ1) is 15.9. The normalized spacial score (nSPS) is 11.3. The smallest absolute Gasteiger partial charge is 0.238 e. The van der Waals surface area contributed by atoms with Gasteiger partial charge in [0.2, 0.25) is 15.0 Å². The summed E-state index contributed by atoms with van der Waals surface area (Å²) in [5.74, 6) is -0.223. The number of halogens is 1. The zero-order chi connectivity index (χ0) is 14.5.